The predicted octanol–water partition coefficient (Wildman–Crippen LogP) is 1.39. The first-order valence-electron chi connectivity index (χ1n) is 5.51. The molecule has 6 nitrogen and oxygen atoms in total. The van der Waals surface area contributed by atoms with E-state index in [1.54, 1.807) is 18.8 Å². The minimum atomic E-state index is -3.56. The molecule has 0 fully saturated rings. The van der Waals surface area contributed by atoms with Crippen molar-refractivity contribution in [3.8, 4) is 0 Å². The van der Waals surface area contributed by atoms with Crippen molar-refractivity contribution in [1.29, 1.82) is 0 Å². The molecule has 1 aromatic heterocycles. The highest BCUT2D eigenvalue weighted by Gasteiger charge is 2.21. The second kappa shape index (κ2) is 7.30. The third kappa shape index (κ3) is 4.22. The highest BCUT2D eigenvalue weighted by molar-refractivity contribution is 7.98. The molecule has 0 spiro atoms. The van der Waals surface area contributed by atoms with Crippen molar-refractivity contribution in [2.75, 3.05) is 31.0 Å². The minimum absolute atomic E-state index is 0.0585. The summed E-state index contributed by atoms with van der Waals surface area (Å²) in [6.45, 7) is 0.456. The molecule has 1 heterocycles. The van der Waals surface area contributed by atoms with Crippen molar-refractivity contribution in [3.63, 3.8) is 0 Å². The maximum atomic E-state index is 12.2. The molecule has 0 aliphatic heterocycles. The van der Waals surface area contributed by atoms with Crippen molar-refractivity contribution in [2.24, 2.45) is 5.84 Å². The van der Waals surface area contributed by atoms with Gasteiger partial charge in [0.15, 0.2) is 5.82 Å². The largest absolute Gasteiger partial charge is 0.307 e. The van der Waals surface area contributed by atoms with Gasteiger partial charge in [0.1, 0.15) is 4.90 Å². The number of aromatic nitrogens is 1. The molecule has 0 aromatic carbocycles. The molecule has 0 aliphatic rings. The molecule has 9 heteroatoms. The van der Waals surface area contributed by atoms with Crippen LogP contribution in [0, 0.1) is 0 Å². The number of halogens is 1. The Balaban J connectivity index is 2.90. The summed E-state index contributed by atoms with van der Waals surface area (Å²) in [6, 6.07) is 1.34. The summed E-state index contributed by atoms with van der Waals surface area (Å²) >= 11 is 7.56. The molecule has 1 aromatic rings. The van der Waals surface area contributed by atoms with Gasteiger partial charge in [-0.3, -0.25) is 0 Å². The number of rotatable bonds is 7. The zero-order valence-electron chi connectivity index (χ0n) is 10.8. The minimum Gasteiger partial charge on any atom is -0.307 e. The summed E-state index contributed by atoms with van der Waals surface area (Å²) in [5.41, 5.74) is 2.29. The summed E-state index contributed by atoms with van der Waals surface area (Å²) in [4.78, 5) is 3.92. The predicted molar refractivity (Wildman–Crippen MR) is 79.9 cm³/mol. The molecule has 19 heavy (non-hydrogen) atoms. The smallest absolute Gasteiger partial charge is 0.244 e. The number of hydrogen-bond donors (Lipinski definition) is 2. The highest BCUT2D eigenvalue weighted by Crippen LogP contribution is 2.23. The molecule has 108 valence electrons. The molecular weight excluding hydrogens is 308 g/mol. The summed E-state index contributed by atoms with van der Waals surface area (Å²) in [7, 11) is -2.02. The Morgan fingerprint density at radius 1 is 1.58 bits per heavy atom. The van der Waals surface area contributed by atoms with Crippen LogP contribution < -0.4 is 11.3 Å². The Morgan fingerprint density at radius 2 is 2.26 bits per heavy atom. The van der Waals surface area contributed by atoms with Crippen LogP contribution in [0.15, 0.2) is 17.2 Å². The Morgan fingerprint density at radius 3 is 2.79 bits per heavy atom. The number of hydrazine groups is 1. The van der Waals surface area contributed by atoms with Crippen LogP contribution in [0.2, 0.25) is 5.02 Å². The van der Waals surface area contributed by atoms with E-state index in [0.717, 1.165) is 12.2 Å². The highest BCUT2D eigenvalue weighted by atomic mass is 35.5. The van der Waals surface area contributed by atoms with Crippen molar-refractivity contribution in [2.45, 2.75) is 11.3 Å². The Bertz CT molecular complexity index is 524. The van der Waals surface area contributed by atoms with Crippen LogP contribution in [-0.2, 0) is 10.0 Å². The number of nitrogens with one attached hydrogen (secondary N) is 1. The zero-order chi connectivity index (χ0) is 14.5. The van der Waals surface area contributed by atoms with Crippen LogP contribution in [0.3, 0.4) is 0 Å². The quantitative estimate of drug-likeness (QED) is 0.448. The number of sulfonamides is 1. The van der Waals surface area contributed by atoms with Crippen molar-refractivity contribution < 1.29 is 8.42 Å². The summed E-state index contributed by atoms with van der Waals surface area (Å²) in [6.07, 6.45) is 4.01. The van der Waals surface area contributed by atoms with E-state index in [1.165, 1.54) is 16.6 Å². The Kier molecular flexibility index (Phi) is 6.34. The Hall–Kier alpha value is -0.540. The molecule has 0 saturated heterocycles. The van der Waals surface area contributed by atoms with E-state index >= 15 is 0 Å². The van der Waals surface area contributed by atoms with Gasteiger partial charge in [-0.2, -0.15) is 11.8 Å². The van der Waals surface area contributed by atoms with Crippen molar-refractivity contribution in [3.05, 3.63) is 17.3 Å². The van der Waals surface area contributed by atoms with E-state index in [-0.39, 0.29) is 15.7 Å². The van der Waals surface area contributed by atoms with E-state index in [1.807, 2.05) is 6.26 Å². The molecule has 0 bridgehead atoms. The van der Waals surface area contributed by atoms with Gasteiger partial charge in [0.2, 0.25) is 10.0 Å². The fourth-order valence-corrected chi connectivity index (χ4v) is 3.28. The lowest BCUT2D eigenvalue weighted by Gasteiger charge is -2.17. The maximum Gasteiger partial charge on any atom is 0.244 e. The van der Waals surface area contributed by atoms with Gasteiger partial charge in [0, 0.05) is 19.8 Å². The van der Waals surface area contributed by atoms with E-state index < -0.39 is 10.0 Å². The van der Waals surface area contributed by atoms with Crippen LogP contribution in [0.1, 0.15) is 6.42 Å². The van der Waals surface area contributed by atoms with E-state index in [9.17, 15) is 8.42 Å². The second-order valence-corrected chi connectivity index (χ2v) is 7.26. The van der Waals surface area contributed by atoms with Crippen LogP contribution >= 0.6 is 23.4 Å². The molecule has 1 rings (SSSR count). The van der Waals surface area contributed by atoms with Gasteiger partial charge in [0.25, 0.3) is 0 Å². The van der Waals surface area contributed by atoms with Gasteiger partial charge in [-0.25, -0.2) is 23.5 Å². The number of thioether (sulfide) groups is 1. The summed E-state index contributed by atoms with van der Waals surface area (Å²) in [5.74, 6) is 6.34. The molecule has 0 saturated carbocycles. The first-order chi connectivity index (χ1) is 8.93. The first-order valence-corrected chi connectivity index (χ1v) is 8.72. The molecule has 0 radical (unpaired) electrons. The number of nitrogens with two attached hydrogens (primary N) is 1. The number of nitrogen functional groups attached to an aromatic ring is 1. The van der Waals surface area contributed by atoms with Crippen LogP contribution in [0.25, 0.3) is 0 Å². The average Bonchev–Trinajstić information content (AvgIpc) is 2.38. The zero-order valence-corrected chi connectivity index (χ0v) is 13.1. The van der Waals surface area contributed by atoms with E-state index in [4.69, 9.17) is 17.4 Å². The molecule has 0 unspecified atom stereocenters. The van der Waals surface area contributed by atoms with Crippen LogP contribution in [0.4, 0.5) is 5.82 Å². The maximum absolute atomic E-state index is 12.2. The van der Waals surface area contributed by atoms with Crippen LogP contribution in [0.5, 0.6) is 0 Å². The number of nitrogens with zero attached hydrogens (tertiary/aromatic N) is 2. The van der Waals surface area contributed by atoms with Gasteiger partial charge in [-0.1, -0.05) is 11.6 Å². The van der Waals surface area contributed by atoms with Crippen molar-refractivity contribution >= 4 is 39.2 Å². The van der Waals surface area contributed by atoms with Crippen LogP contribution in [-0.4, -0.2) is 43.3 Å². The molecular formula is C10H17ClN4O2S2. The van der Waals surface area contributed by atoms with E-state index in [2.05, 4.69) is 10.4 Å². The van der Waals surface area contributed by atoms with Gasteiger partial charge >= 0.3 is 0 Å². The third-order valence-electron chi connectivity index (χ3n) is 2.48. The topological polar surface area (TPSA) is 88.3 Å². The number of pyridine rings is 1. The summed E-state index contributed by atoms with van der Waals surface area (Å²) < 4.78 is 25.8. The van der Waals surface area contributed by atoms with Gasteiger partial charge < -0.3 is 5.43 Å². The summed E-state index contributed by atoms with van der Waals surface area (Å²) in [5, 5.41) is 0.168. The number of anilines is 1. The molecule has 0 aliphatic carbocycles. The van der Waals surface area contributed by atoms with E-state index in [0.29, 0.717) is 6.54 Å². The van der Waals surface area contributed by atoms with Gasteiger partial charge in [-0.05, 0) is 24.5 Å². The fraction of sp³-hybridized carbons (Fsp3) is 0.500. The second-order valence-electron chi connectivity index (χ2n) is 3.82. The van der Waals surface area contributed by atoms with Gasteiger partial charge in [0.05, 0.1) is 5.02 Å². The molecule has 0 amide bonds. The SMILES string of the molecule is CSCCCN(C)S(=O)(=O)c1cnc(NN)c(Cl)c1. The fourth-order valence-electron chi connectivity index (χ4n) is 1.40. The normalized spacial score (nSPS) is 11.8. The third-order valence-corrected chi connectivity index (χ3v) is 5.29. The molecule has 3 N–H and O–H groups in total. The first kappa shape index (κ1) is 16.5. The van der Waals surface area contributed by atoms with Gasteiger partial charge in [-0.15, -0.1) is 0 Å². The lowest BCUT2D eigenvalue weighted by atomic mass is 10.5. The standard InChI is InChI=1S/C10H17ClN4O2S2/c1-15(4-3-5-18-2)19(16,17)8-6-9(11)10(14-12)13-7-8/h6-7H,3-5,12H2,1-2H3,(H,13,14). The lowest BCUT2D eigenvalue weighted by molar-refractivity contribution is 0.469. The lowest BCUT2D eigenvalue weighted by Crippen LogP contribution is -2.28. The van der Waals surface area contributed by atoms with Crippen molar-refractivity contribution in [1.82, 2.24) is 9.29 Å². The molecule has 0 atom stereocenters. The monoisotopic (exact) mass is 324 g/mol. The average molecular weight is 325 g/mol. The number of hydrogen-bond acceptors (Lipinski definition) is 6. The Labute approximate surface area is 122 Å².